The van der Waals surface area contributed by atoms with Gasteiger partial charge in [0.1, 0.15) is 12.1 Å². The molecule has 2 saturated carbocycles. The fraction of sp³-hybridized carbons (Fsp3) is 0.730. The van der Waals surface area contributed by atoms with Crippen molar-refractivity contribution in [2.24, 2.45) is 28.1 Å². The standard InChI is InChI=1S/C37H58F2N6O6S/c1-35(2,3)27(20-44(9)52(10,50)51)42-34(49)43-31(36(4,5)6)33(48)45-19-23-29(37(23,7)8)30(45)32(47)41-25(17-28(38)39)26(46)18-40-24-16-22(24)21-14-12-11-13-15-21/h11-15,22-25,27-31,40H,16-20H2,1-10H3,(H,41,47)(H2,42,43,49)/t22?,23-,24+,25-,27+,29-,30-,31+/m0/s1. The molecule has 4 rings (SSSR count). The maximum absolute atomic E-state index is 14.4. The maximum atomic E-state index is 14.4. The fourth-order valence-electron chi connectivity index (χ4n) is 7.44. The number of hydrogen-bond donors (Lipinski definition) is 4. The van der Waals surface area contributed by atoms with E-state index in [9.17, 15) is 36.4 Å². The van der Waals surface area contributed by atoms with Crippen LogP contribution >= 0.6 is 0 Å². The van der Waals surface area contributed by atoms with Crippen LogP contribution in [-0.2, 0) is 24.4 Å². The fourth-order valence-corrected chi connectivity index (χ4v) is 7.86. The Hall–Kier alpha value is -3.17. The second-order valence-electron chi connectivity index (χ2n) is 17.7. The molecule has 1 aliphatic heterocycles. The SMILES string of the molecule is CN(C[C@@H](NC(=O)N[C@H](C(=O)N1C[C@H]2[C@@H]([C@H]1C(=O)N[C@@H](CC(F)F)C(=O)CN[C@@H]1CC1c1ccccc1)C2(C)C)C(C)(C)C)C(C)(C)C)S(C)(=O)=O. The highest BCUT2D eigenvalue weighted by Crippen LogP contribution is 2.65. The Morgan fingerprint density at radius 2 is 1.60 bits per heavy atom. The van der Waals surface area contributed by atoms with E-state index in [1.807, 2.05) is 65.0 Å². The average Bonchev–Trinajstić information content (AvgIpc) is 3.84. The molecule has 0 spiro atoms. The molecule has 3 aliphatic rings. The summed E-state index contributed by atoms with van der Waals surface area (Å²) in [6.07, 6.45) is -1.81. The minimum absolute atomic E-state index is 0.00101. The number of likely N-dealkylation sites (N-methyl/N-ethyl adjacent to an activating group) is 1. The number of rotatable bonds is 15. The lowest BCUT2D eigenvalue weighted by atomic mass is 9.85. The molecule has 4 amide bonds. The van der Waals surface area contributed by atoms with Crippen LogP contribution in [-0.4, -0.2) is 111 Å². The smallest absolute Gasteiger partial charge is 0.315 e. The molecule has 1 saturated heterocycles. The molecule has 8 atom stereocenters. The quantitative estimate of drug-likeness (QED) is 0.214. The van der Waals surface area contributed by atoms with Gasteiger partial charge in [-0.15, -0.1) is 0 Å². The Morgan fingerprint density at radius 3 is 2.13 bits per heavy atom. The average molecular weight is 753 g/mol. The summed E-state index contributed by atoms with van der Waals surface area (Å²) in [4.78, 5) is 56.6. The number of nitrogens with one attached hydrogen (secondary N) is 4. The van der Waals surface area contributed by atoms with E-state index in [1.54, 1.807) is 20.8 Å². The highest BCUT2D eigenvalue weighted by atomic mass is 32.2. The van der Waals surface area contributed by atoms with Gasteiger partial charge in [0.05, 0.1) is 18.8 Å². The lowest BCUT2D eigenvalue weighted by Gasteiger charge is -2.39. The van der Waals surface area contributed by atoms with Crippen molar-refractivity contribution in [2.75, 3.05) is 32.9 Å². The van der Waals surface area contributed by atoms with E-state index < -0.39 is 81.5 Å². The van der Waals surface area contributed by atoms with E-state index in [0.29, 0.717) is 0 Å². The summed E-state index contributed by atoms with van der Waals surface area (Å²) in [6.45, 7) is 14.9. The first-order valence-electron chi connectivity index (χ1n) is 18.0. The first-order valence-corrected chi connectivity index (χ1v) is 19.9. The van der Waals surface area contributed by atoms with E-state index in [0.717, 1.165) is 22.5 Å². The van der Waals surface area contributed by atoms with Crippen LogP contribution < -0.4 is 21.3 Å². The molecule has 12 nitrogen and oxygen atoms in total. The molecule has 52 heavy (non-hydrogen) atoms. The number of benzene rings is 1. The molecule has 0 aromatic heterocycles. The third kappa shape index (κ3) is 9.87. The molecule has 4 N–H and O–H groups in total. The monoisotopic (exact) mass is 752 g/mol. The number of halogens is 2. The van der Waals surface area contributed by atoms with Crippen LogP contribution in [0.1, 0.15) is 79.7 Å². The zero-order valence-electron chi connectivity index (χ0n) is 32.1. The van der Waals surface area contributed by atoms with Crippen LogP contribution in [0.4, 0.5) is 13.6 Å². The Kier molecular flexibility index (Phi) is 12.2. The molecular formula is C37H58F2N6O6S. The molecule has 1 unspecified atom stereocenters. The van der Waals surface area contributed by atoms with Gasteiger partial charge < -0.3 is 26.2 Å². The highest BCUT2D eigenvalue weighted by molar-refractivity contribution is 7.88. The van der Waals surface area contributed by atoms with Crippen molar-refractivity contribution in [3.63, 3.8) is 0 Å². The van der Waals surface area contributed by atoms with Crippen LogP contribution in [0.2, 0.25) is 0 Å². The van der Waals surface area contributed by atoms with Crippen LogP contribution in [0.5, 0.6) is 0 Å². The Bertz CT molecular complexity index is 1600. The molecule has 292 valence electrons. The summed E-state index contributed by atoms with van der Waals surface area (Å²) in [6, 6.07) is 4.96. The van der Waals surface area contributed by atoms with Crippen molar-refractivity contribution in [3.05, 3.63) is 35.9 Å². The predicted octanol–water partition coefficient (Wildman–Crippen LogP) is 3.34. The van der Waals surface area contributed by atoms with Crippen LogP contribution in [0, 0.1) is 28.1 Å². The number of likely N-dealkylation sites (tertiary alicyclic amines) is 1. The van der Waals surface area contributed by atoms with Crippen LogP contribution in [0.15, 0.2) is 30.3 Å². The van der Waals surface area contributed by atoms with E-state index >= 15 is 0 Å². The van der Waals surface area contributed by atoms with Crippen molar-refractivity contribution in [3.8, 4) is 0 Å². The maximum Gasteiger partial charge on any atom is 0.315 e. The number of fused-ring (bicyclic) bond motifs is 1. The molecule has 0 radical (unpaired) electrons. The molecular weight excluding hydrogens is 695 g/mol. The van der Waals surface area contributed by atoms with Crippen molar-refractivity contribution >= 4 is 33.7 Å². The van der Waals surface area contributed by atoms with Gasteiger partial charge in [0, 0.05) is 44.6 Å². The van der Waals surface area contributed by atoms with Crippen molar-refractivity contribution in [1.82, 2.24) is 30.5 Å². The summed E-state index contributed by atoms with van der Waals surface area (Å²) in [7, 11) is -2.11. The van der Waals surface area contributed by atoms with E-state index in [4.69, 9.17) is 0 Å². The number of piperidine rings is 1. The van der Waals surface area contributed by atoms with Crippen molar-refractivity contribution < 1.29 is 36.4 Å². The van der Waals surface area contributed by atoms with Gasteiger partial charge in [-0.05, 0) is 40.1 Å². The number of alkyl halides is 2. The second kappa shape index (κ2) is 15.3. The number of Topliss-reactive ketones (excluding diaryl/α,β-unsaturated/α-hetero) is 1. The molecule has 1 heterocycles. The van der Waals surface area contributed by atoms with Gasteiger partial charge in [0.15, 0.2) is 5.78 Å². The molecule has 1 aromatic rings. The largest absolute Gasteiger partial charge is 0.344 e. The van der Waals surface area contributed by atoms with E-state index in [-0.39, 0.29) is 48.8 Å². The summed E-state index contributed by atoms with van der Waals surface area (Å²) in [5.41, 5.74) is -0.536. The number of hydrogen-bond acceptors (Lipinski definition) is 7. The number of ketones is 1. The second-order valence-corrected chi connectivity index (χ2v) is 19.8. The number of urea groups is 1. The number of amides is 4. The molecule has 1 aromatic carbocycles. The Labute approximate surface area is 307 Å². The van der Waals surface area contributed by atoms with Gasteiger partial charge in [0.25, 0.3) is 0 Å². The van der Waals surface area contributed by atoms with Crippen molar-refractivity contribution in [1.29, 1.82) is 0 Å². The first kappa shape index (κ1) is 41.6. The minimum Gasteiger partial charge on any atom is -0.344 e. The molecule has 3 fully saturated rings. The van der Waals surface area contributed by atoms with Gasteiger partial charge in [-0.1, -0.05) is 85.7 Å². The molecule has 15 heteroatoms. The zero-order valence-corrected chi connectivity index (χ0v) is 32.9. The summed E-state index contributed by atoms with van der Waals surface area (Å²) < 4.78 is 52.9. The van der Waals surface area contributed by atoms with Crippen LogP contribution in [0.3, 0.4) is 0 Å². The normalized spacial score (nSPS) is 25.6. The number of sulfonamides is 1. The number of nitrogens with zero attached hydrogens (tertiary/aromatic N) is 2. The molecule has 0 bridgehead atoms. The van der Waals surface area contributed by atoms with Gasteiger partial charge in [-0.2, -0.15) is 0 Å². The third-order valence-electron chi connectivity index (χ3n) is 11.2. The van der Waals surface area contributed by atoms with Gasteiger partial charge in [0.2, 0.25) is 28.3 Å². The van der Waals surface area contributed by atoms with Gasteiger partial charge in [-0.3, -0.25) is 14.4 Å². The third-order valence-corrected chi connectivity index (χ3v) is 12.5. The topological polar surface area (TPSA) is 157 Å². The highest BCUT2D eigenvalue weighted by Gasteiger charge is 2.70. The predicted molar refractivity (Wildman–Crippen MR) is 195 cm³/mol. The summed E-state index contributed by atoms with van der Waals surface area (Å²) in [5, 5.41) is 11.4. The van der Waals surface area contributed by atoms with E-state index in [1.165, 1.54) is 11.9 Å². The number of carbonyl (C=O) groups is 4. The Balaban J connectivity index is 1.48. The lowest BCUT2D eigenvalue weighted by Crippen LogP contribution is -2.62. The van der Waals surface area contributed by atoms with E-state index in [2.05, 4.69) is 21.3 Å². The summed E-state index contributed by atoms with van der Waals surface area (Å²) in [5.74, 6) is -1.81. The van der Waals surface area contributed by atoms with Gasteiger partial charge >= 0.3 is 6.03 Å². The first-order chi connectivity index (χ1) is 23.8. The molecule has 2 aliphatic carbocycles. The summed E-state index contributed by atoms with van der Waals surface area (Å²) >= 11 is 0. The zero-order chi connectivity index (χ0) is 39.1. The minimum atomic E-state index is -3.53. The van der Waals surface area contributed by atoms with Gasteiger partial charge in [-0.25, -0.2) is 26.3 Å². The Morgan fingerprint density at radius 1 is 0.981 bits per heavy atom. The van der Waals surface area contributed by atoms with Crippen LogP contribution in [0.25, 0.3) is 0 Å². The number of carbonyl (C=O) groups excluding carboxylic acids is 4. The lowest BCUT2D eigenvalue weighted by molar-refractivity contribution is -0.144. The van der Waals surface area contributed by atoms with Crippen molar-refractivity contribution in [2.45, 2.75) is 111 Å².